The Morgan fingerprint density at radius 3 is 2.74 bits per heavy atom. The minimum Gasteiger partial charge on any atom is -0.396 e. The first-order valence-electron chi connectivity index (χ1n) is 8.30. The minimum atomic E-state index is 0.258. The summed E-state index contributed by atoms with van der Waals surface area (Å²) in [5.41, 5.74) is 3.59. The van der Waals surface area contributed by atoms with Crippen molar-refractivity contribution in [3.63, 3.8) is 0 Å². The van der Waals surface area contributed by atoms with E-state index in [1.165, 1.54) is 11.1 Å². The largest absolute Gasteiger partial charge is 0.396 e. The standard InChI is InChI=1S/C18H26N4O/c1-15-3-5-17(6-4-15)22-13-16(11-19-22)12-21-9-8-20(2)18(14-21)7-10-23/h3-6,11,13,18,23H,7-10,12,14H2,1-2H3/t18-/m1/s1. The quantitative estimate of drug-likeness (QED) is 0.912. The van der Waals surface area contributed by atoms with Gasteiger partial charge in [-0.05, 0) is 32.5 Å². The molecular weight excluding hydrogens is 288 g/mol. The van der Waals surface area contributed by atoms with Crippen LogP contribution in [-0.4, -0.2) is 64.0 Å². The second-order valence-electron chi connectivity index (χ2n) is 6.51. The van der Waals surface area contributed by atoms with Gasteiger partial charge in [0.1, 0.15) is 0 Å². The van der Waals surface area contributed by atoms with Crippen LogP contribution >= 0.6 is 0 Å². The Labute approximate surface area is 138 Å². The van der Waals surface area contributed by atoms with Crippen LogP contribution in [0.1, 0.15) is 17.5 Å². The Kier molecular flexibility index (Phi) is 5.10. The number of aryl methyl sites for hydroxylation is 1. The second kappa shape index (κ2) is 7.25. The van der Waals surface area contributed by atoms with Gasteiger partial charge in [0.2, 0.25) is 0 Å². The molecule has 1 N–H and O–H groups in total. The van der Waals surface area contributed by atoms with E-state index in [2.05, 4.69) is 59.3 Å². The summed E-state index contributed by atoms with van der Waals surface area (Å²) in [6, 6.07) is 8.85. The first kappa shape index (κ1) is 16.2. The molecule has 0 bridgehead atoms. The maximum absolute atomic E-state index is 9.20. The lowest BCUT2D eigenvalue weighted by atomic mass is 10.1. The minimum absolute atomic E-state index is 0.258. The Morgan fingerprint density at radius 1 is 1.22 bits per heavy atom. The molecule has 5 nitrogen and oxygen atoms in total. The monoisotopic (exact) mass is 314 g/mol. The van der Waals surface area contributed by atoms with Gasteiger partial charge in [-0.15, -0.1) is 0 Å². The number of aromatic nitrogens is 2. The average Bonchev–Trinajstić information content (AvgIpc) is 3.00. The molecule has 3 rings (SSSR count). The van der Waals surface area contributed by atoms with Crippen molar-refractivity contribution >= 4 is 0 Å². The van der Waals surface area contributed by atoms with Crippen molar-refractivity contribution in [3.8, 4) is 5.69 Å². The number of aliphatic hydroxyl groups excluding tert-OH is 1. The van der Waals surface area contributed by atoms with Crippen LogP contribution in [-0.2, 0) is 6.54 Å². The highest BCUT2D eigenvalue weighted by Gasteiger charge is 2.23. The van der Waals surface area contributed by atoms with Crippen LogP contribution in [0, 0.1) is 6.92 Å². The first-order valence-corrected chi connectivity index (χ1v) is 8.30. The highest BCUT2D eigenvalue weighted by atomic mass is 16.3. The fourth-order valence-electron chi connectivity index (χ4n) is 3.15. The maximum atomic E-state index is 9.20. The molecule has 0 unspecified atom stereocenters. The average molecular weight is 314 g/mol. The van der Waals surface area contributed by atoms with Gasteiger partial charge in [0, 0.05) is 50.6 Å². The summed E-state index contributed by atoms with van der Waals surface area (Å²) < 4.78 is 1.94. The van der Waals surface area contributed by atoms with Crippen LogP contribution in [0.15, 0.2) is 36.7 Å². The SMILES string of the molecule is Cc1ccc(-n2cc(CN3CCN(C)[C@H](CCO)C3)cn2)cc1. The summed E-state index contributed by atoms with van der Waals surface area (Å²) in [6.07, 6.45) is 4.92. The van der Waals surface area contributed by atoms with Gasteiger partial charge < -0.3 is 10.0 Å². The lowest BCUT2D eigenvalue weighted by Crippen LogP contribution is -2.51. The van der Waals surface area contributed by atoms with Crippen LogP contribution in [0.2, 0.25) is 0 Å². The number of hydrogen-bond donors (Lipinski definition) is 1. The zero-order valence-corrected chi connectivity index (χ0v) is 14.0. The van der Waals surface area contributed by atoms with Gasteiger partial charge >= 0.3 is 0 Å². The third-order valence-electron chi connectivity index (χ3n) is 4.66. The lowest BCUT2D eigenvalue weighted by molar-refractivity contribution is 0.0743. The number of nitrogens with zero attached hydrogens (tertiary/aromatic N) is 4. The third-order valence-corrected chi connectivity index (χ3v) is 4.66. The molecule has 0 aliphatic carbocycles. The molecule has 23 heavy (non-hydrogen) atoms. The van der Waals surface area contributed by atoms with Gasteiger partial charge in [-0.2, -0.15) is 5.10 Å². The maximum Gasteiger partial charge on any atom is 0.0645 e. The van der Waals surface area contributed by atoms with Crippen molar-refractivity contribution in [3.05, 3.63) is 47.8 Å². The topological polar surface area (TPSA) is 44.5 Å². The highest BCUT2D eigenvalue weighted by Crippen LogP contribution is 2.15. The van der Waals surface area contributed by atoms with E-state index in [-0.39, 0.29) is 6.61 Å². The van der Waals surface area contributed by atoms with Crippen LogP contribution in [0.25, 0.3) is 5.69 Å². The molecule has 1 saturated heterocycles. The van der Waals surface area contributed by atoms with Crippen LogP contribution in [0.5, 0.6) is 0 Å². The molecule has 1 aliphatic heterocycles. The number of benzene rings is 1. The predicted octanol–water partition coefficient (Wildman–Crippen LogP) is 1.68. The van der Waals surface area contributed by atoms with Gasteiger partial charge in [-0.1, -0.05) is 17.7 Å². The summed E-state index contributed by atoms with van der Waals surface area (Å²) in [5.74, 6) is 0. The predicted molar refractivity (Wildman–Crippen MR) is 91.7 cm³/mol. The van der Waals surface area contributed by atoms with Gasteiger partial charge in [-0.3, -0.25) is 4.90 Å². The van der Waals surface area contributed by atoms with Crippen LogP contribution in [0.4, 0.5) is 0 Å². The second-order valence-corrected chi connectivity index (χ2v) is 6.51. The van der Waals surface area contributed by atoms with Crippen molar-refractivity contribution in [2.24, 2.45) is 0 Å². The van der Waals surface area contributed by atoms with Crippen molar-refractivity contribution in [2.45, 2.75) is 25.9 Å². The lowest BCUT2D eigenvalue weighted by Gasteiger charge is -2.39. The van der Waals surface area contributed by atoms with E-state index in [4.69, 9.17) is 0 Å². The summed E-state index contributed by atoms with van der Waals surface area (Å²) in [5, 5.41) is 13.7. The smallest absolute Gasteiger partial charge is 0.0645 e. The molecule has 2 heterocycles. The Balaban J connectivity index is 1.63. The van der Waals surface area contributed by atoms with Crippen LogP contribution < -0.4 is 0 Å². The van der Waals surface area contributed by atoms with Crippen molar-refractivity contribution in [1.82, 2.24) is 19.6 Å². The zero-order chi connectivity index (χ0) is 16.2. The number of piperazine rings is 1. The molecule has 0 radical (unpaired) electrons. The number of aliphatic hydroxyl groups is 1. The van der Waals surface area contributed by atoms with Gasteiger partial charge in [0.25, 0.3) is 0 Å². The molecule has 1 atom stereocenters. The molecule has 1 aromatic carbocycles. The molecule has 0 amide bonds. The van der Waals surface area contributed by atoms with E-state index in [0.717, 1.165) is 38.3 Å². The summed E-state index contributed by atoms with van der Waals surface area (Å²) in [6.45, 7) is 6.39. The van der Waals surface area contributed by atoms with E-state index >= 15 is 0 Å². The van der Waals surface area contributed by atoms with E-state index < -0.39 is 0 Å². The Morgan fingerprint density at radius 2 is 2.00 bits per heavy atom. The fourth-order valence-corrected chi connectivity index (χ4v) is 3.15. The molecule has 2 aromatic rings. The number of likely N-dealkylation sites (N-methyl/N-ethyl adjacent to an activating group) is 1. The fraction of sp³-hybridized carbons (Fsp3) is 0.500. The van der Waals surface area contributed by atoms with Gasteiger partial charge in [-0.25, -0.2) is 4.68 Å². The van der Waals surface area contributed by atoms with Crippen molar-refractivity contribution in [1.29, 1.82) is 0 Å². The summed E-state index contributed by atoms with van der Waals surface area (Å²) in [7, 11) is 2.15. The van der Waals surface area contributed by atoms with Crippen molar-refractivity contribution < 1.29 is 5.11 Å². The normalized spacial score (nSPS) is 20.0. The Bertz CT molecular complexity index is 622. The molecule has 124 valence electrons. The van der Waals surface area contributed by atoms with E-state index in [0.29, 0.717) is 6.04 Å². The number of rotatable bonds is 5. The highest BCUT2D eigenvalue weighted by molar-refractivity contribution is 5.33. The molecule has 1 aromatic heterocycles. The molecular formula is C18H26N4O. The molecule has 1 aliphatic rings. The van der Waals surface area contributed by atoms with Gasteiger partial charge in [0.05, 0.1) is 11.9 Å². The first-order chi connectivity index (χ1) is 11.2. The van der Waals surface area contributed by atoms with E-state index in [1.54, 1.807) is 0 Å². The summed E-state index contributed by atoms with van der Waals surface area (Å²) in [4.78, 5) is 4.80. The Hall–Kier alpha value is -1.69. The molecule has 0 spiro atoms. The van der Waals surface area contributed by atoms with E-state index in [1.807, 2.05) is 10.9 Å². The zero-order valence-electron chi connectivity index (χ0n) is 14.0. The molecule has 0 saturated carbocycles. The van der Waals surface area contributed by atoms with Crippen molar-refractivity contribution in [2.75, 3.05) is 33.3 Å². The molecule has 1 fully saturated rings. The van der Waals surface area contributed by atoms with Gasteiger partial charge in [0.15, 0.2) is 0 Å². The van der Waals surface area contributed by atoms with Crippen LogP contribution in [0.3, 0.4) is 0 Å². The summed E-state index contributed by atoms with van der Waals surface area (Å²) >= 11 is 0. The molecule has 5 heteroatoms. The van der Waals surface area contributed by atoms with E-state index in [9.17, 15) is 5.11 Å². The third kappa shape index (κ3) is 3.99. The number of hydrogen-bond acceptors (Lipinski definition) is 4.